The maximum absolute atomic E-state index is 11.4. The first-order valence-corrected chi connectivity index (χ1v) is 5.18. The predicted molar refractivity (Wildman–Crippen MR) is 53.5 cm³/mol. The summed E-state index contributed by atoms with van der Waals surface area (Å²) >= 11 is 0. The van der Waals surface area contributed by atoms with Crippen LogP contribution < -0.4 is 10.6 Å². The van der Waals surface area contributed by atoms with Crippen molar-refractivity contribution >= 4 is 5.91 Å². The molecule has 0 radical (unpaired) electrons. The van der Waals surface area contributed by atoms with Crippen molar-refractivity contribution in [2.75, 3.05) is 13.1 Å². The first kappa shape index (κ1) is 10.5. The first-order valence-electron chi connectivity index (χ1n) is 5.18. The summed E-state index contributed by atoms with van der Waals surface area (Å²) in [6.45, 7) is 6.08. The summed E-state index contributed by atoms with van der Waals surface area (Å²) in [5, 5.41) is 6.24. The first-order chi connectivity index (χ1) is 6.18. The third-order valence-corrected chi connectivity index (χ3v) is 2.30. The maximum Gasteiger partial charge on any atom is 0.221 e. The summed E-state index contributed by atoms with van der Waals surface area (Å²) in [5.74, 6) is 0.730. The summed E-state index contributed by atoms with van der Waals surface area (Å²) in [4.78, 5) is 11.4. The van der Waals surface area contributed by atoms with Gasteiger partial charge in [0.25, 0.3) is 0 Å². The lowest BCUT2D eigenvalue weighted by atomic mass is 10.1. The Balaban J connectivity index is 2.09. The number of nitrogens with one attached hydrogen (secondary N) is 2. The lowest BCUT2D eigenvalue weighted by Gasteiger charge is -2.11. The molecule has 1 unspecified atom stereocenters. The minimum absolute atomic E-state index is 0.188. The van der Waals surface area contributed by atoms with Crippen LogP contribution >= 0.6 is 0 Å². The molecule has 1 heterocycles. The van der Waals surface area contributed by atoms with Gasteiger partial charge < -0.3 is 10.6 Å². The van der Waals surface area contributed by atoms with Crippen molar-refractivity contribution in [2.24, 2.45) is 5.92 Å². The zero-order chi connectivity index (χ0) is 9.68. The molecule has 0 aromatic rings. The van der Waals surface area contributed by atoms with E-state index in [4.69, 9.17) is 0 Å². The number of amides is 1. The third kappa shape index (κ3) is 4.27. The Hall–Kier alpha value is -0.570. The van der Waals surface area contributed by atoms with E-state index < -0.39 is 0 Å². The highest BCUT2D eigenvalue weighted by atomic mass is 16.1. The molecule has 3 nitrogen and oxygen atoms in total. The molecule has 1 amide bonds. The predicted octanol–water partition coefficient (Wildman–Crippen LogP) is 0.901. The van der Waals surface area contributed by atoms with Gasteiger partial charge in [-0.25, -0.2) is 0 Å². The van der Waals surface area contributed by atoms with Crippen LogP contribution in [-0.4, -0.2) is 25.0 Å². The Bertz CT molecular complexity index is 162. The number of carbonyl (C=O) groups excluding carboxylic acids is 1. The molecule has 2 N–H and O–H groups in total. The van der Waals surface area contributed by atoms with Gasteiger partial charge >= 0.3 is 0 Å². The van der Waals surface area contributed by atoms with Gasteiger partial charge in [-0.2, -0.15) is 0 Å². The Morgan fingerprint density at radius 2 is 2.38 bits per heavy atom. The smallest absolute Gasteiger partial charge is 0.221 e. The van der Waals surface area contributed by atoms with E-state index in [2.05, 4.69) is 24.5 Å². The third-order valence-electron chi connectivity index (χ3n) is 2.30. The number of rotatable bonds is 4. The highest BCUT2D eigenvalue weighted by Gasteiger charge is 2.17. The molecule has 1 rings (SSSR count). The number of hydrogen-bond acceptors (Lipinski definition) is 2. The molecular formula is C10H20N2O. The molecular weight excluding hydrogens is 164 g/mol. The molecule has 0 aromatic heterocycles. The van der Waals surface area contributed by atoms with E-state index in [0.717, 1.165) is 19.5 Å². The molecule has 76 valence electrons. The topological polar surface area (TPSA) is 41.1 Å². The zero-order valence-corrected chi connectivity index (χ0v) is 8.60. The minimum atomic E-state index is 0.188. The van der Waals surface area contributed by atoms with Crippen molar-refractivity contribution in [1.29, 1.82) is 0 Å². The van der Waals surface area contributed by atoms with E-state index >= 15 is 0 Å². The fourth-order valence-electron chi connectivity index (χ4n) is 1.54. The summed E-state index contributed by atoms with van der Waals surface area (Å²) in [6, 6.07) is 0.423. The largest absolute Gasteiger partial charge is 0.356 e. The Kier molecular flexibility index (Phi) is 4.22. The molecule has 0 aromatic carbocycles. The SMILES string of the molecule is CC(C)CNC(=O)CC1CCCN1. The Morgan fingerprint density at radius 3 is 2.92 bits per heavy atom. The van der Waals surface area contributed by atoms with E-state index in [-0.39, 0.29) is 5.91 Å². The second-order valence-electron chi connectivity index (χ2n) is 4.20. The van der Waals surface area contributed by atoms with Crippen LogP contribution in [-0.2, 0) is 4.79 Å². The Labute approximate surface area is 80.3 Å². The minimum Gasteiger partial charge on any atom is -0.356 e. The molecule has 0 bridgehead atoms. The van der Waals surface area contributed by atoms with Crippen LogP contribution in [0.3, 0.4) is 0 Å². The summed E-state index contributed by atoms with van der Waals surface area (Å²) in [5.41, 5.74) is 0. The molecule has 1 saturated heterocycles. The van der Waals surface area contributed by atoms with Crippen molar-refractivity contribution in [3.8, 4) is 0 Å². The zero-order valence-electron chi connectivity index (χ0n) is 8.60. The van der Waals surface area contributed by atoms with E-state index in [0.29, 0.717) is 18.4 Å². The molecule has 1 fully saturated rings. The Morgan fingerprint density at radius 1 is 1.62 bits per heavy atom. The van der Waals surface area contributed by atoms with Crippen molar-refractivity contribution in [1.82, 2.24) is 10.6 Å². The molecule has 0 aliphatic carbocycles. The standard InChI is InChI=1S/C10H20N2O/c1-8(2)7-12-10(13)6-9-4-3-5-11-9/h8-9,11H,3-7H2,1-2H3,(H,12,13). The van der Waals surface area contributed by atoms with E-state index in [1.165, 1.54) is 6.42 Å². The van der Waals surface area contributed by atoms with Gasteiger partial charge in [0.1, 0.15) is 0 Å². The fourth-order valence-corrected chi connectivity index (χ4v) is 1.54. The normalized spacial score (nSPS) is 22.2. The summed E-state index contributed by atoms with van der Waals surface area (Å²) in [6.07, 6.45) is 3.00. The molecule has 13 heavy (non-hydrogen) atoms. The van der Waals surface area contributed by atoms with Crippen molar-refractivity contribution in [3.05, 3.63) is 0 Å². The second kappa shape index (κ2) is 5.22. The highest BCUT2D eigenvalue weighted by molar-refractivity contribution is 5.76. The van der Waals surface area contributed by atoms with Crippen molar-refractivity contribution in [3.63, 3.8) is 0 Å². The number of carbonyl (C=O) groups is 1. The molecule has 0 spiro atoms. The highest BCUT2D eigenvalue weighted by Crippen LogP contribution is 2.08. The van der Waals surface area contributed by atoms with Crippen LogP contribution in [0.4, 0.5) is 0 Å². The lowest BCUT2D eigenvalue weighted by molar-refractivity contribution is -0.121. The van der Waals surface area contributed by atoms with Crippen LogP contribution in [0.5, 0.6) is 0 Å². The van der Waals surface area contributed by atoms with Gasteiger partial charge in [-0.05, 0) is 25.3 Å². The van der Waals surface area contributed by atoms with Gasteiger partial charge in [-0.3, -0.25) is 4.79 Å². The summed E-state index contributed by atoms with van der Waals surface area (Å²) < 4.78 is 0. The monoisotopic (exact) mass is 184 g/mol. The van der Waals surface area contributed by atoms with Gasteiger partial charge in [-0.1, -0.05) is 13.8 Å². The van der Waals surface area contributed by atoms with E-state index in [1.807, 2.05) is 0 Å². The van der Waals surface area contributed by atoms with Crippen LogP contribution in [0, 0.1) is 5.92 Å². The lowest BCUT2D eigenvalue weighted by Crippen LogP contribution is -2.33. The van der Waals surface area contributed by atoms with Crippen LogP contribution in [0.2, 0.25) is 0 Å². The fraction of sp³-hybridized carbons (Fsp3) is 0.900. The number of hydrogen-bond donors (Lipinski definition) is 2. The van der Waals surface area contributed by atoms with E-state index in [9.17, 15) is 4.79 Å². The van der Waals surface area contributed by atoms with Crippen molar-refractivity contribution in [2.45, 2.75) is 39.2 Å². The average Bonchev–Trinajstić information content (AvgIpc) is 2.53. The van der Waals surface area contributed by atoms with Gasteiger partial charge in [0.2, 0.25) is 5.91 Å². The molecule has 1 aliphatic rings. The van der Waals surface area contributed by atoms with Gasteiger partial charge in [0, 0.05) is 19.0 Å². The maximum atomic E-state index is 11.4. The van der Waals surface area contributed by atoms with Gasteiger partial charge in [0.15, 0.2) is 0 Å². The molecule has 3 heteroatoms. The van der Waals surface area contributed by atoms with Gasteiger partial charge in [0.05, 0.1) is 0 Å². The quantitative estimate of drug-likeness (QED) is 0.681. The van der Waals surface area contributed by atoms with Crippen LogP contribution in [0.15, 0.2) is 0 Å². The van der Waals surface area contributed by atoms with Crippen molar-refractivity contribution < 1.29 is 4.79 Å². The summed E-state index contributed by atoms with van der Waals surface area (Å²) in [7, 11) is 0. The molecule has 1 atom stereocenters. The molecule has 1 aliphatic heterocycles. The second-order valence-corrected chi connectivity index (χ2v) is 4.20. The average molecular weight is 184 g/mol. The van der Waals surface area contributed by atoms with Crippen LogP contribution in [0.25, 0.3) is 0 Å². The molecule has 0 saturated carbocycles. The van der Waals surface area contributed by atoms with Crippen LogP contribution in [0.1, 0.15) is 33.1 Å². The van der Waals surface area contributed by atoms with Gasteiger partial charge in [-0.15, -0.1) is 0 Å². The van der Waals surface area contributed by atoms with E-state index in [1.54, 1.807) is 0 Å².